The average Bonchev–Trinajstić information content (AvgIpc) is 2.62. The van der Waals surface area contributed by atoms with Gasteiger partial charge in [0.2, 0.25) is 0 Å². The summed E-state index contributed by atoms with van der Waals surface area (Å²) in [5.41, 5.74) is 2.77. The van der Waals surface area contributed by atoms with Crippen LogP contribution in [0.3, 0.4) is 0 Å². The molecule has 0 saturated heterocycles. The van der Waals surface area contributed by atoms with Crippen LogP contribution in [0.4, 0.5) is 11.5 Å². The van der Waals surface area contributed by atoms with Crippen LogP contribution in [0.1, 0.15) is 0 Å². The summed E-state index contributed by atoms with van der Waals surface area (Å²) in [6.07, 6.45) is 1.55. The molecule has 2 aromatic carbocycles. The largest absolute Gasteiger partial charge is 0.493 e. The van der Waals surface area contributed by atoms with Crippen LogP contribution in [0, 0.1) is 0 Å². The molecule has 0 fully saturated rings. The second kappa shape index (κ2) is 6.79. The number of anilines is 2. The van der Waals surface area contributed by atoms with Crippen LogP contribution in [0.15, 0.2) is 60.9 Å². The highest BCUT2D eigenvalue weighted by Crippen LogP contribution is 2.31. The van der Waals surface area contributed by atoms with Gasteiger partial charge in [0.05, 0.1) is 19.9 Å². The van der Waals surface area contributed by atoms with Gasteiger partial charge in [-0.25, -0.2) is 9.97 Å². The predicted molar refractivity (Wildman–Crippen MR) is 90.3 cm³/mol. The Bertz CT molecular complexity index is 791. The fraction of sp³-hybridized carbons (Fsp3) is 0.111. The van der Waals surface area contributed by atoms with Gasteiger partial charge in [-0.05, 0) is 12.1 Å². The maximum Gasteiger partial charge on any atom is 0.162 e. The fourth-order valence-electron chi connectivity index (χ4n) is 2.25. The first-order chi connectivity index (χ1) is 11.3. The molecule has 0 unspecified atom stereocenters. The molecular weight excluding hydrogens is 290 g/mol. The van der Waals surface area contributed by atoms with Crippen LogP contribution in [0.25, 0.3) is 11.3 Å². The van der Waals surface area contributed by atoms with Gasteiger partial charge in [0, 0.05) is 23.4 Å². The highest BCUT2D eigenvalue weighted by atomic mass is 16.5. The van der Waals surface area contributed by atoms with Crippen LogP contribution >= 0.6 is 0 Å². The highest BCUT2D eigenvalue weighted by Gasteiger charge is 2.06. The Balaban J connectivity index is 1.86. The highest BCUT2D eigenvalue weighted by molar-refractivity contribution is 5.66. The molecule has 0 amide bonds. The van der Waals surface area contributed by atoms with Gasteiger partial charge in [-0.1, -0.05) is 30.3 Å². The molecule has 1 N–H and O–H groups in total. The second-order valence-electron chi connectivity index (χ2n) is 4.85. The normalized spacial score (nSPS) is 10.2. The SMILES string of the molecule is COc1ccc(Nc2cc(-c3ccccc3)ncn2)cc1OC. The minimum atomic E-state index is 0.662. The van der Waals surface area contributed by atoms with Gasteiger partial charge in [-0.3, -0.25) is 0 Å². The van der Waals surface area contributed by atoms with Crippen LogP contribution in [-0.2, 0) is 0 Å². The van der Waals surface area contributed by atoms with E-state index in [2.05, 4.69) is 15.3 Å². The number of nitrogens with one attached hydrogen (secondary N) is 1. The Morgan fingerprint density at radius 3 is 2.35 bits per heavy atom. The molecule has 0 aliphatic carbocycles. The van der Waals surface area contributed by atoms with Gasteiger partial charge in [0.15, 0.2) is 11.5 Å². The quantitative estimate of drug-likeness (QED) is 0.774. The Morgan fingerprint density at radius 2 is 1.61 bits per heavy atom. The fourth-order valence-corrected chi connectivity index (χ4v) is 2.25. The Labute approximate surface area is 134 Å². The van der Waals surface area contributed by atoms with E-state index in [9.17, 15) is 0 Å². The molecule has 5 nitrogen and oxygen atoms in total. The zero-order valence-electron chi connectivity index (χ0n) is 13.0. The summed E-state index contributed by atoms with van der Waals surface area (Å²) in [5.74, 6) is 2.06. The number of hydrogen-bond acceptors (Lipinski definition) is 5. The van der Waals surface area contributed by atoms with Crippen molar-refractivity contribution in [3.63, 3.8) is 0 Å². The van der Waals surface area contributed by atoms with Gasteiger partial charge in [0.1, 0.15) is 12.1 Å². The first-order valence-electron chi connectivity index (χ1n) is 7.16. The van der Waals surface area contributed by atoms with Gasteiger partial charge in [-0.2, -0.15) is 0 Å². The lowest BCUT2D eigenvalue weighted by Gasteiger charge is -2.11. The molecule has 0 spiro atoms. The summed E-state index contributed by atoms with van der Waals surface area (Å²) < 4.78 is 10.5. The Morgan fingerprint density at radius 1 is 0.826 bits per heavy atom. The van der Waals surface area contributed by atoms with Crippen LogP contribution in [0.5, 0.6) is 11.5 Å². The van der Waals surface area contributed by atoms with Crippen molar-refractivity contribution in [1.29, 1.82) is 0 Å². The average molecular weight is 307 g/mol. The third-order valence-electron chi connectivity index (χ3n) is 3.39. The van der Waals surface area contributed by atoms with Gasteiger partial charge in [0.25, 0.3) is 0 Å². The van der Waals surface area contributed by atoms with E-state index in [4.69, 9.17) is 9.47 Å². The molecule has 0 aliphatic heterocycles. The monoisotopic (exact) mass is 307 g/mol. The number of hydrogen-bond donors (Lipinski definition) is 1. The Hall–Kier alpha value is -3.08. The number of ether oxygens (including phenoxy) is 2. The van der Waals surface area contributed by atoms with Gasteiger partial charge < -0.3 is 14.8 Å². The van der Waals surface area contributed by atoms with Gasteiger partial charge in [-0.15, -0.1) is 0 Å². The lowest BCUT2D eigenvalue weighted by molar-refractivity contribution is 0.355. The van der Waals surface area contributed by atoms with Gasteiger partial charge >= 0.3 is 0 Å². The number of aromatic nitrogens is 2. The van der Waals surface area contributed by atoms with E-state index in [1.165, 1.54) is 0 Å². The van der Waals surface area contributed by atoms with Crippen molar-refractivity contribution in [3.05, 3.63) is 60.9 Å². The zero-order chi connectivity index (χ0) is 16.1. The molecule has 5 heteroatoms. The minimum absolute atomic E-state index is 0.662. The standard InChI is InChI=1S/C18H17N3O2/c1-22-16-9-8-14(10-17(16)23-2)21-18-11-15(19-12-20-18)13-6-4-3-5-7-13/h3-12H,1-2H3,(H,19,20,21). The molecule has 116 valence electrons. The number of nitrogens with zero attached hydrogens (tertiary/aromatic N) is 2. The maximum atomic E-state index is 5.31. The predicted octanol–water partition coefficient (Wildman–Crippen LogP) is 3.90. The summed E-state index contributed by atoms with van der Waals surface area (Å²) >= 11 is 0. The topological polar surface area (TPSA) is 56.3 Å². The number of rotatable bonds is 5. The summed E-state index contributed by atoms with van der Waals surface area (Å²) in [6, 6.07) is 17.5. The Kier molecular flexibility index (Phi) is 4.38. The molecule has 0 radical (unpaired) electrons. The van der Waals surface area contributed by atoms with Crippen LogP contribution < -0.4 is 14.8 Å². The first-order valence-corrected chi connectivity index (χ1v) is 7.16. The molecule has 3 aromatic rings. The van der Waals surface area contributed by atoms with E-state index in [1.54, 1.807) is 20.5 Å². The summed E-state index contributed by atoms with van der Waals surface area (Å²) in [5, 5.41) is 3.25. The number of methoxy groups -OCH3 is 2. The van der Waals surface area contributed by atoms with Crippen molar-refractivity contribution in [3.8, 4) is 22.8 Å². The number of benzene rings is 2. The summed E-state index contributed by atoms with van der Waals surface area (Å²) in [4.78, 5) is 8.58. The lowest BCUT2D eigenvalue weighted by Crippen LogP contribution is -1.97. The van der Waals surface area contributed by atoms with Crippen LogP contribution in [0.2, 0.25) is 0 Å². The third kappa shape index (κ3) is 3.40. The van der Waals surface area contributed by atoms with Crippen molar-refractivity contribution < 1.29 is 9.47 Å². The van der Waals surface area contributed by atoms with E-state index in [-0.39, 0.29) is 0 Å². The molecule has 0 aliphatic rings. The second-order valence-corrected chi connectivity index (χ2v) is 4.85. The minimum Gasteiger partial charge on any atom is -0.493 e. The molecule has 1 aromatic heterocycles. The van der Waals surface area contributed by atoms with Crippen molar-refractivity contribution in [2.24, 2.45) is 0 Å². The zero-order valence-corrected chi connectivity index (χ0v) is 13.0. The molecule has 0 atom stereocenters. The molecule has 0 saturated carbocycles. The molecule has 0 bridgehead atoms. The van der Waals surface area contributed by atoms with Crippen molar-refractivity contribution >= 4 is 11.5 Å². The summed E-state index contributed by atoms with van der Waals surface area (Å²) in [7, 11) is 3.22. The van der Waals surface area contributed by atoms with Crippen molar-refractivity contribution in [1.82, 2.24) is 9.97 Å². The van der Waals surface area contributed by atoms with Crippen molar-refractivity contribution in [2.75, 3.05) is 19.5 Å². The van der Waals surface area contributed by atoms with Crippen LogP contribution in [-0.4, -0.2) is 24.2 Å². The summed E-state index contributed by atoms with van der Waals surface area (Å²) in [6.45, 7) is 0. The molecule has 3 rings (SSSR count). The smallest absolute Gasteiger partial charge is 0.162 e. The third-order valence-corrected chi connectivity index (χ3v) is 3.39. The van der Waals surface area contributed by atoms with E-state index in [1.807, 2.05) is 54.6 Å². The van der Waals surface area contributed by atoms with Crippen molar-refractivity contribution in [2.45, 2.75) is 0 Å². The van der Waals surface area contributed by atoms with E-state index >= 15 is 0 Å². The first kappa shape index (κ1) is 14.8. The van der Waals surface area contributed by atoms with E-state index < -0.39 is 0 Å². The van der Waals surface area contributed by atoms with E-state index in [0.717, 1.165) is 16.9 Å². The van der Waals surface area contributed by atoms with E-state index in [0.29, 0.717) is 17.3 Å². The molecule has 23 heavy (non-hydrogen) atoms. The maximum absolute atomic E-state index is 5.31. The molecule has 1 heterocycles. The lowest BCUT2D eigenvalue weighted by atomic mass is 10.1. The molecular formula is C18H17N3O2.